The molecule has 0 radical (unpaired) electrons. The van der Waals surface area contributed by atoms with Gasteiger partial charge in [0.1, 0.15) is 5.84 Å². The maximum Gasteiger partial charge on any atom is 0.144 e. The third-order valence-electron chi connectivity index (χ3n) is 3.12. The van der Waals surface area contributed by atoms with E-state index in [1.54, 1.807) is 12.4 Å². The lowest BCUT2D eigenvalue weighted by Gasteiger charge is -2.26. The highest BCUT2D eigenvalue weighted by Gasteiger charge is 2.23. The van der Waals surface area contributed by atoms with Crippen LogP contribution in [-0.2, 0) is 6.54 Å². The van der Waals surface area contributed by atoms with E-state index in [0.717, 1.165) is 19.5 Å². The van der Waals surface area contributed by atoms with E-state index in [0.29, 0.717) is 0 Å². The van der Waals surface area contributed by atoms with E-state index < -0.39 is 0 Å². The van der Waals surface area contributed by atoms with E-state index in [1.165, 1.54) is 5.56 Å². The van der Waals surface area contributed by atoms with Gasteiger partial charge in [0.05, 0.1) is 0 Å². The van der Waals surface area contributed by atoms with Crippen molar-refractivity contribution in [1.29, 1.82) is 0 Å². The number of amidine groups is 1. The van der Waals surface area contributed by atoms with E-state index in [1.807, 2.05) is 26.0 Å². The quantitative estimate of drug-likeness (QED) is 0.348. The Bertz CT molecular complexity index is 389. The van der Waals surface area contributed by atoms with Crippen LogP contribution < -0.4 is 5.73 Å². The van der Waals surface area contributed by atoms with E-state index >= 15 is 0 Å². The van der Waals surface area contributed by atoms with Crippen LogP contribution in [0.2, 0.25) is 0 Å². The minimum atomic E-state index is -0.290. The molecular weight excluding hydrogens is 228 g/mol. The van der Waals surface area contributed by atoms with Crippen molar-refractivity contribution in [2.45, 2.75) is 26.8 Å². The van der Waals surface area contributed by atoms with Crippen molar-refractivity contribution in [2.24, 2.45) is 16.3 Å². The van der Waals surface area contributed by atoms with Gasteiger partial charge in [-0.1, -0.05) is 19.0 Å². The summed E-state index contributed by atoms with van der Waals surface area (Å²) < 4.78 is 0. The molecule has 1 heterocycles. The smallest absolute Gasteiger partial charge is 0.144 e. The zero-order chi connectivity index (χ0) is 13.6. The molecule has 3 N–H and O–H groups in total. The molecule has 0 aliphatic rings. The standard InChI is InChI=1S/C13H22N4O/c1-13(2,12(14)16-18)6-9-17(3)10-11-4-7-15-8-5-11/h4-5,7-8,18H,6,9-10H2,1-3H3,(H2,14,16). The van der Waals surface area contributed by atoms with E-state index in [9.17, 15) is 0 Å². The van der Waals surface area contributed by atoms with Crippen molar-refractivity contribution in [3.05, 3.63) is 30.1 Å². The first kappa shape index (κ1) is 14.4. The van der Waals surface area contributed by atoms with Crippen LogP contribution in [0.25, 0.3) is 0 Å². The van der Waals surface area contributed by atoms with Gasteiger partial charge in [-0.2, -0.15) is 0 Å². The lowest BCUT2D eigenvalue weighted by molar-refractivity contribution is 0.272. The SMILES string of the molecule is CN(CCC(C)(C)C(N)=NO)Cc1ccncc1. The number of hydrogen-bond donors (Lipinski definition) is 2. The van der Waals surface area contributed by atoms with Crippen molar-refractivity contribution in [2.75, 3.05) is 13.6 Å². The fourth-order valence-electron chi connectivity index (χ4n) is 1.61. The number of aromatic nitrogens is 1. The molecule has 0 saturated heterocycles. The highest BCUT2D eigenvalue weighted by molar-refractivity contribution is 5.85. The molecule has 1 aromatic rings. The van der Waals surface area contributed by atoms with Crippen LogP contribution in [0.1, 0.15) is 25.8 Å². The first-order valence-corrected chi connectivity index (χ1v) is 6.01. The van der Waals surface area contributed by atoms with Crippen LogP contribution in [0.3, 0.4) is 0 Å². The van der Waals surface area contributed by atoms with E-state index in [4.69, 9.17) is 10.9 Å². The minimum absolute atomic E-state index is 0.278. The molecule has 0 aliphatic carbocycles. The summed E-state index contributed by atoms with van der Waals surface area (Å²) in [6.07, 6.45) is 4.43. The maximum absolute atomic E-state index is 8.71. The average molecular weight is 250 g/mol. The fourth-order valence-corrected chi connectivity index (χ4v) is 1.61. The van der Waals surface area contributed by atoms with Crippen molar-refractivity contribution < 1.29 is 5.21 Å². The van der Waals surface area contributed by atoms with Gasteiger partial charge in [0.15, 0.2) is 0 Å². The molecule has 100 valence electrons. The Balaban J connectivity index is 2.44. The topological polar surface area (TPSA) is 74.7 Å². The summed E-state index contributed by atoms with van der Waals surface area (Å²) in [6.45, 7) is 5.70. The van der Waals surface area contributed by atoms with Crippen LogP contribution in [0, 0.1) is 5.41 Å². The molecule has 0 spiro atoms. The Morgan fingerprint density at radius 2 is 2.06 bits per heavy atom. The summed E-state index contributed by atoms with van der Waals surface area (Å²) in [5.41, 5.74) is 6.60. The number of nitrogens with zero attached hydrogens (tertiary/aromatic N) is 3. The number of nitrogens with two attached hydrogens (primary N) is 1. The van der Waals surface area contributed by atoms with Gasteiger partial charge in [-0.15, -0.1) is 0 Å². The first-order valence-electron chi connectivity index (χ1n) is 6.01. The Morgan fingerprint density at radius 3 is 2.61 bits per heavy atom. The largest absolute Gasteiger partial charge is 0.409 e. The Hall–Kier alpha value is -1.62. The summed E-state index contributed by atoms with van der Waals surface area (Å²) in [5, 5.41) is 11.8. The Labute approximate surface area is 108 Å². The van der Waals surface area contributed by atoms with E-state index in [-0.39, 0.29) is 11.3 Å². The van der Waals surface area contributed by atoms with Gasteiger partial charge in [-0.25, -0.2) is 0 Å². The molecule has 0 aromatic carbocycles. The lowest BCUT2D eigenvalue weighted by Crippen LogP contribution is -2.35. The summed E-state index contributed by atoms with van der Waals surface area (Å²) >= 11 is 0. The number of oxime groups is 1. The van der Waals surface area contributed by atoms with Gasteiger partial charge >= 0.3 is 0 Å². The molecular formula is C13H22N4O. The molecule has 0 atom stereocenters. The van der Waals surface area contributed by atoms with Crippen molar-refractivity contribution >= 4 is 5.84 Å². The predicted molar refractivity (Wildman–Crippen MR) is 72.4 cm³/mol. The Morgan fingerprint density at radius 1 is 1.44 bits per heavy atom. The van der Waals surface area contributed by atoms with Gasteiger partial charge in [-0.05, 0) is 37.7 Å². The van der Waals surface area contributed by atoms with Gasteiger partial charge in [0.2, 0.25) is 0 Å². The molecule has 5 heteroatoms. The van der Waals surface area contributed by atoms with Gasteiger partial charge in [0, 0.05) is 24.4 Å². The van der Waals surface area contributed by atoms with Crippen LogP contribution in [0.5, 0.6) is 0 Å². The summed E-state index contributed by atoms with van der Waals surface area (Å²) in [6, 6.07) is 4.01. The normalized spacial score (nSPS) is 13.0. The fraction of sp³-hybridized carbons (Fsp3) is 0.538. The van der Waals surface area contributed by atoms with E-state index in [2.05, 4.69) is 22.1 Å². The summed E-state index contributed by atoms with van der Waals surface area (Å²) in [5.74, 6) is 0.278. The molecule has 0 unspecified atom stereocenters. The van der Waals surface area contributed by atoms with Crippen molar-refractivity contribution in [1.82, 2.24) is 9.88 Å². The first-order chi connectivity index (χ1) is 8.45. The van der Waals surface area contributed by atoms with Crippen LogP contribution in [-0.4, -0.2) is 34.5 Å². The monoisotopic (exact) mass is 250 g/mol. The highest BCUT2D eigenvalue weighted by atomic mass is 16.4. The second kappa shape index (κ2) is 6.35. The molecule has 0 saturated carbocycles. The molecule has 1 rings (SSSR count). The predicted octanol–water partition coefficient (Wildman–Crippen LogP) is 1.68. The lowest BCUT2D eigenvalue weighted by atomic mass is 9.88. The molecule has 0 aliphatic heterocycles. The van der Waals surface area contributed by atoms with Crippen LogP contribution in [0.4, 0.5) is 0 Å². The minimum Gasteiger partial charge on any atom is -0.409 e. The molecule has 18 heavy (non-hydrogen) atoms. The number of rotatable bonds is 6. The molecule has 5 nitrogen and oxygen atoms in total. The second-order valence-electron chi connectivity index (χ2n) is 5.21. The average Bonchev–Trinajstić information content (AvgIpc) is 2.36. The highest BCUT2D eigenvalue weighted by Crippen LogP contribution is 2.20. The summed E-state index contributed by atoms with van der Waals surface area (Å²) in [7, 11) is 2.06. The molecule has 1 aromatic heterocycles. The third kappa shape index (κ3) is 4.33. The van der Waals surface area contributed by atoms with Crippen LogP contribution >= 0.6 is 0 Å². The van der Waals surface area contributed by atoms with Gasteiger partial charge < -0.3 is 15.8 Å². The van der Waals surface area contributed by atoms with Crippen molar-refractivity contribution in [3.8, 4) is 0 Å². The summed E-state index contributed by atoms with van der Waals surface area (Å²) in [4.78, 5) is 6.20. The van der Waals surface area contributed by atoms with Crippen LogP contribution in [0.15, 0.2) is 29.7 Å². The van der Waals surface area contributed by atoms with Crippen molar-refractivity contribution in [3.63, 3.8) is 0 Å². The van der Waals surface area contributed by atoms with Gasteiger partial charge in [0.25, 0.3) is 0 Å². The second-order valence-corrected chi connectivity index (χ2v) is 5.21. The zero-order valence-corrected chi connectivity index (χ0v) is 11.3. The van der Waals surface area contributed by atoms with Gasteiger partial charge in [-0.3, -0.25) is 4.98 Å². The number of hydrogen-bond acceptors (Lipinski definition) is 4. The Kier molecular flexibility index (Phi) is 5.09. The zero-order valence-electron chi connectivity index (χ0n) is 11.3. The number of pyridine rings is 1. The third-order valence-corrected chi connectivity index (χ3v) is 3.12. The molecule has 0 amide bonds. The molecule has 0 bridgehead atoms. The molecule has 0 fully saturated rings. The maximum atomic E-state index is 8.71.